The van der Waals surface area contributed by atoms with Crippen molar-refractivity contribution in [2.45, 2.75) is 25.5 Å². The van der Waals surface area contributed by atoms with Gasteiger partial charge in [0, 0.05) is 27.2 Å². The van der Waals surface area contributed by atoms with Crippen LogP contribution in [0.4, 0.5) is 0 Å². The van der Waals surface area contributed by atoms with Crippen LogP contribution in [0.15, 0.2) is 32.9 Å². The van der Waals surface area contributed by atoms with Gasteiger partial charge in [0.25, 0.3) is 11.2 Å². The molecule has 12 heteroatoms. The number of rotatable bonds is 9. The first-order valence-corrected chi connectivity index (χ1v) is 12.9. The summed E-state index contributed by atoms with van der Waals surface area (Å²) in [7, 11) is 3.07. The lowest BCUT2D eigenvalue weighted by atomic mass is 10.2. The fourth-order valence-electron chi connectivity index (χ4n) is 4.16. The summed E-state index contributed by atoms with van der Waals surface area (Å²) in [5, 5.41) is 0.608. The zero-order chi connectivity index (χ0) is 25.8. The number of carbonyl (C=O) groups excluding carboxylic acids is 1. The number of thioether (sulfide) groups is 1. The molecule has 1 amide bonds. The van der Waals surface area contributed by atoms with Gasteiger partial charge in [-0.05, 0) is 43.3 Å². The number of aromatic amines is 1. The zero-order valence-corrected chi connectivity index (χ0v) is 21.9. The first-order valence-electron chi connectivity index (χ1n) is 11.9. The SMILES string of the molecule is CCOc1ccc(C[n+]2c(SCC(=O)N3CCOCC3)[nH]c3c2c(=O)n(C)c(=O)n3C)cc1OCC. The molecule has 0 spiro atoms. The lowest BCUT2D eigenvalue weighted by Crippen LogP contribution is -2.45. The van der Waals surface area contributed by atoms with E-state index in [9.17, 15) is 14.4 Å². The van der Waals surface area contributed by atoms with Gasteiger partial charge in [0.15, 0.2) is 11.5 Å². The molecule has 0 aliphatic carbocycles. The van der Waals surface area contributed by atoms with Crippen molar-refractivity contribution in [2.24, 2.45) is 14.1 Å². The lowest BCUT2D eigenvalue weighted by Gasteiger charge is -2.26. The van der Waals surface area contributed by atoms with Crippen LogP contribution in [0.2, 0.25) is 0 Å². The zero-order valence-electron chi connectivity index (χ0n) is 21.0. The average molecular weight is 519 g/mol. The van der Waals surface area contributed by atoms with Gasteiger partial charge in [-0.2, -0.15) is 0 Å². The normalized spacial score (nSPS) is 13.8. The Kier molecular flexibility index (Phi) is 8.04. The third-order valence-corrected chi connectivity index (χ3v) is 7.01. The maximum atomic E-state index is 13.2. The van der Waals surface area contributed by atoms with Crippen LogP contribution in [0.25, 0.3) is 11.2 Å². The van der Waals surface area contributed by atoms with E-state index in [0.717, 1.165) is 10.1 Å². The summed E-state index contributed by atoms with van der Waals surface area (Å²) in [5.74, 6) is 1.45. The van der Waals surface area contributed by atoms with E-state index in [1.807, 2.05) is 36.6 Å². The van der Waals surface area contributed by atoms with Crippen molar-refractivity contribution in [3.63, 3.8) is 0 Å². The van der Waals surface area contributed by atoms with Crippen molar-refractivity contribution in [3.05, 3.63) is 44.6 Å². The molecule has 1 fully saturated rings. The molecule has 1 aromatic carbocycles. The molecule has 1 aliphatic heterocycles. The second kappa shape index (κ2) is 11.2. The van der Waals surface area contributed by atoms with Gasteiger partial charge in [-0.3, -0.25) is 18.7 Å². The third-order valence-electron chi connectivity index (χ3n) is 6.03. The topological polar surface area (TPSA) is 112 Å². The highest BCUT2D eigenvalue weighted by molar-refractivity contribution is 7.99. The minimum atomic E-state index is -0.429. The number of H-pyrrole nitrogens is 1. The molecule has 0 atom stereocenters. The molecule has 4 rings (SSSR count). The number of benzene rings is 1. The lowest BCUT2D eigenvalue weighted by molar-refractivity contribution is -0.700. The predicted octanol–water partition coefficient (Wildman–Crippen LogP) is 0.649. The van der Waals surface area contributed by atoms with Gasteiger partial charge in [-0.1, -0.05) is 6.07 Å². The first kappa shape index (κ1) is 25.8. The molecule has 0 saturated carbocycles. The Labute approximate surface area is 212 Å². The van der Waals surface area contributed by atoms with Crippen LogP contribution in [0.5, 0.6) is 11.5 Å². The predicted molar refractivity (Wildman–Crippen MR) is 135 cm³/mol. The largest absolute Gasteiger partial charge is 0.490 e. The van der Waals surface area contributed by atoms with Crippen molar-refractivity contribution in [3.8, 4) is 11.5 Å². The molecular weight excluding hydrogens is 486 g/mol. The minimum Gasteiger partial charge on any atom is -0.490 e. The Morgan fingerprint density at radius 2 is 1.78 bits per heavy atom. The Hall–Kier alpha value is -3.25. The standard InChI is InChI=1S/C24H31N5O6S/c1-5-34-17-8-7-16(13-18(17)35-6-2)14-29-20-21(26(3)24(32)27(4)22(20)31)25-23(29)36-15-19(30)28-9-11-33-12-10-28/h7-8,13H,5-6,9-12,14-15H2,1-4H3/p+1. The Morgan fingerprint density at radius 1 is 1.08 bits per heavy atom. The number of hydrogen-bond donors (Lipinski definition) is 1. The second-order valence-corrected chi connectivity index (χ2v) is 9.31. The number of ether oxygens (including phenoxy) is 3. The van der Waals surface area contributed by atoms with Crippen LogP contribution in [0.1, 0.15) is 19.4 Å². The molecule has 3 aromatic rings. The number of nitrogens with zero attached hydrogens (tertiary/aromatic N) is 4. The van der Waals surface area contributed by atoms with Crippen LogP contribution in [0, 0.1) is 0 Å². The highest BCUT2D eigenvalue weighted by atomic mass is 32.2. The van der Waals surface area contributed by atoms with Gasteiger partial charge in [-0.15, -0.1) is 0 Å². The number of carbonyl (C=O) groups is 1. The average Bonchev–Trinajstić information content (AvgIpc) is 3.25. The summed E-state index contributed by atoms with van der Waals surface area (Å²) in [6.45, 7) is 7.32. The van der Waals surface area contributed by atoms with E-state index in [1.54, 1.807) is 11.9 Å². The molecule has 0 unspecified atom stereocenters. The number of morpholine rings is 1. The number of imidazole rings is 1. The van der Waals surface area contributed by atoms with Gasteiger partial charge in [-0.25, -0.2) is 14.3 Å². The molecule has 1 saturated heterocycles. The third kappa shape index (κ3) is 5.14. The summed E-state index contributed by atoms with van der Waals surface area (Å²) in [4.78, 5) is 43.5. The molecule has 3 heterocycles. The van der Waals surface area contributed by atoms with Crippen LogP contribution in [-0.2, 0) is 30.2 Å². The molecule has 0 radical (unpaired) electrons. The Morgan fingerprint density at radius 3 is 2.47 bits per heavy atom. The van der Waals surface area contributed by atoms with Crippen molar-refractivity contribution in [1.82, 2.24) is 19.0 Å². The maximum absolute atomic E-state index is 13.2. The highest BCUT2D eigenvalue weighted by Crippen LogP contribution is 2.29. The van der Waals surface area contributed by atoms with Crippen molar-refractivity contribution in [1.29, 1.82) is 0 Å². The second-order valence-electron chi connectivity index (χ2n) is 8.35. The van der Waals surface area contributed by atoms with Crippen LogP contribution < -0.4 is 25.3 Å². The maximum Gasteiger partial charge on any atom is 0.333 e. The number of aryl methyl sites for hydroxylation is 1. The van der Waals surface area contributed by atoms with Crippen molar-refractivity contribution < 1.29 is 23.6 Å². The molecule has 2 aromatic heterocycles. The Balaban J connectivity index is 1.74. The molecule has 1 aliphatic rings. The van der Waals surface area contributed by atoms with Gasteiger partial charge in [0.05, 0.1) is 32.2 Å². The quantitative estimate of drug-likeness (QED) is 0.327. The van der Waals surface area contributed by atoms with Crippen LogP contribution >= 0.6 is 11.8 Å². The van der Waals surface area contributed by atoms with Crippen molar-refractivity contribution in [2.75, 3.05) is 45.3 Å². The minimum absolute atomic E-state index is 0.00463. The number of aromatic nitrogens is 4. The molecule has 11 nitrogen and oxygen atoms in total. The summed E-state index contributed by atoms with van der Waals surface area (Å²) >= 11 is 1.30. The number of fused-ring (bicyclic) bond motifs is 1. The van der Waals surface area contributed by atoms with E-state index < -0.39 is 11.2 Å². The Bertz CT molecular complexity index is 1370. The molecule has 0 bridgehead atoms. The van der Waals surface area contributed by atoms with Crippen LogP contribution in [-0.4, -0.2) is 70.2 Å². The molecular formula is C24H32N5O6S+. The summed E-state index contributed by atoms with van der Waals surface area (Å²) in [5.41, 5.74) is 0.798. The van der Waals surface area contributed by atoms with E-state index in [4.69, 9.17) is 14.2 Å². The van der Waals surface area contributed by atoms with E-state index in [2.05, 4.69) is 4.98 Å². The number of hydrogen-bond acceptors (Lipinski definition) is 7. The van der Waals surface area contributed by atoms with E-state index in [1.165, 1.54) is 23.4 Å². The van der Waals surface area contributed by atoms with Gasteiger partial charge in [0.2, 0.25) is 5.91 Å². The van der Waals surface area contributed by atoms with Crippen LogP contribution in [0.3, 0.4) is 0 Å². The van der Waals surface area contributed by atoms with E-state index >= 15 is 0 Å². The fraction of sp³-hybridized carbons (Fsp3) is 0.500. The summed E-state index contributed by atoms with van der Waals surface area (Å²) in [6, 6.07) is 5.65. The highest BCUT2D eigenvalue weighted by Gasteiger charge is 2.28. The monoisotopic (exact) mass is 518 g/mol. The van der Waals surface area contributed by atoms with E-state index in [-0.39, 0.29) is 11.7 Å². The molecule has 1 N–H and O–H groups in total. The van der Waals surface area contributed by atoms with Gasteiger partial charge < -0.3 is 19.1 Å². The number of amides is 1. The summed E-state index contributed by atoms with van der Waals surface area (Å²) in [6.07, 6.45) is 0. The van der Waals surface area contributed by atoms with Gasteiger partial charge >= 0.3 is 16.4 Å². The number of nitrogens with one attached hydrogen (secondary N) is 1. The summed E-state index contributed by atoms with van der Waals surface area (Å²) < 4.78 is 21.1. The van der Waals surface area contributed by atoms with E-state index in [0.29, 0.717) is 73.9 Å². The molecule has 194 valence electrons. The fourth-order valence-corrected chi connectivity index (χ4v) is 5.08. The first-order chi connectivity index (χ1) is 17.3. The smallest absolute Gasteiger partial charge is 0.333 e. The molecule has 36 heavy (non-hydrogen) atoms. The van der Waals surface area contributed by atoms with Gasteiger partial charge in [0.1, 0.15) is 6.54 Å². The van der Waals surface area contributed by atoms with Crippen molar-refractivity contribution >= 4 is 28.8 Å².